The van der Waals surface area contributed by atoms with Gasteiger partial charge in [-0.15, -0.1) is 11.3 Å². The zero-order valence-electron chi connectivity index (χ0n) is 20.5. The topological polar surface area (TPSA) is 76.5 Å². The van der Waals surface area contributed by atoms with E-state index in [4.69, 9.17) is 9.84 Å². The molecular formula is C28H28N4O3S. The summed E-state index contributed by atoms with van der Waals surface area (Å²) in [6, 6.07) is 21.3. The van der Waals surface area contributed by atoms with Crippen LogP contribution in [0.15, 0.2) is 72.1 Å². The Bertz CT molecular complexity index is 1390. The molecule has 0 fully saturated rings. The summed E-state index contributed by atoms with van der Waals surface area (Å²) in [5, 5.41) is 9.73. The van der Waals surface area contributed by atoms with E-state index >= 15 is 0 Å². The van der Waals surface area contributed by atoms with E-state index in [2.05, 4.69) is 5.32 Å². The van der Waals surface area contributed by atoms with Crippen LogP contribution in [0.5, 0.6) is 5.75 Å². The van der Waals surface area contributed by atoms with E-state index in [0.29, 0.717) is 18.0 Å². The molecule has 1 atom stereocenters. The number of nitrogens with zero attached hydrogens (tertiary/aromatic N) is 3. The summed E-state index contributed by atoms with van der Waals surface area (Å²) in [5.41, 5.74) is 3.11. The molecule has 3 heterocycles. The van der Waals surface area contributed by atoms with Crippen molar-refractivity contribution in [2.75, 3.05) is 7.11 Å². The Morgan fingerprint density at radius 2 is 1.92 bits per heavy atom. The molecule has 0 unspecified atom stereocenters. The van der Waals surface area contributed by atoms with E-state index in [-0.39, 0.29) is 24.9 Å². The normalized spacial score (nSPS) is 17.1. The molecule has 2 amide bonds. The van der Waals surface area contributed by atoms with Gasteiger partial charge in [0, 0.05) is 13.1 Å². The van der Waals surface area contributed by atoms with Crippen molar-refractivity contribution < 1.29 is 14.3 Å². The van der Waals surface area contributed by atoms with E-state index in [1.54, 1.807) is 28.0 Å². The number of fused-ring (bicyclic) bond motifs is 1. The molecule has 2 aromatic carbocycles. The zero-order chi connectivity index (χ0) is 25.3. The molecule has 1 N–H and O–H groups in total. The number of rotatable bonds is 7. The molecule has 184 valence electrons. The Labute approximate surface area is 214 Å². The van der Waals surface area contributed by atoms with E-state index in [1.807, 2.05) is 86.0 Å². The number of hydrogen-bond donors (Lipinski definition) is 1. The van der Waals surface area contributed by atoms with Crippen LogP contribution in [0.1, 0.15) is 34.1 Å². The first-order valence-electron chi connectivity index (χ1n) is 11.8. The van der Waals surface area contributed by atoms with Gasteiger partial charge in [-0.05, 0) is 54.6 Å². The molecule has 2 aromatic heterocycles. The SMILES string of the molecule is COc1cccc(CN2C(=O)c3cc(-c4cccs4)nn3C[C@]2(C)C(=O)NCc2ccc(C)cc2)c1. The maximum atomic E-state index is 13.8. The number of amides is 2. The highest BCUT2D eigenvalue weighted by atomic mass is 32.1. The molecular weight excluding hydrogens is 472 g/mol. The Balaban J connectivity index is 1.48. The number of nitrogens with one attached hydrogen (secondary N) is 1. The highest BCUT2D eigenvalue weighted by molar-refractivity contribution is 7.13. The number of aryl methyl sites for hydroxylation is 1. The maximum Gasteiger partial charge on any atom is 0.273 e. The van der Waals surface area contributed by atoms with Gasteiger partial charge >= 0.3 is 0 Å². The quantitative estimate of drug-likeness (QED) is 0.401. The van der Waals surface area contributed by atoms with Gasteiger partial charge in [0.1, 0.15) is 22.7 Å². The maximum absolute atomic E-state index is 13.8. The van der Waals surface area contributed by atoms with Crippen LogP contribution < -0.4 is 10.1 Å². The van der Waals surface area contributed by atoms with Crippen molar-refractivity contribution in [1.82, 2.24) is 20.0 Å². The van der Waals surface area contributed by atoms with Crippen molar-refractivity contribution >= 4 is 23.2 Å². The number of hydrogen-bond acceptors (Lipinski definition) is 5. The van der Waals surface area contributed by atoms with Gasteiger partial charge in [0.2, 0.25) is 5.91 Å². The molecule has 5 rings (SSSR count). The van der Waals surface area contributed by atoms with Crippen molar-refractivity contribution in [3.05, 3.63) is 94.5 Å². The van der Waals surface area contributed by atoms with Gasteiger partial charge in [0.05, 0.1) is 18.5 Å². The predicted octanol–water partition coefficient (Wildman–Crippen LogP) is 4.66. The molecule has 0 radical (unpaired) electrons. The van der Waals surface area contributed by atoms with Crippen LogP contribution in [0, 0.1) is 6.92 Å². The fourth-order valence-electron chi connectivity index (χ4n) is 4.47. The molecule has 8 heteroatoms. The molecule has 0 saturated carbocycles. The van der Waals surface area contributed by atoms with Gasteiger partial charge in [-0.2, -0.15) is 5.10 Å². The smallest absolute Gasteiger partial charge is 0.273 e. The largest absolute Gasteiger partial charge is 0.497 e. The van der Waals surface area contributed by atoms with Gasteiger partial charge in [-0.1, -0.05) is 48.0 Å². The van der Waals surface area contributed by atoms with Gasteiger partial charge in [0.25, 0.3) is 5.91 Å². The summed E-state index contributed by atoms with van der Waals surface area (Å²) in [7, 11) is 1.61. The summed E-state index contributed by atoms with van der Waals surface area (Å²) in [6.07, 6.45) is 0. The summed E-state index contributed by atoms with van der Waals surface area (Å²) in [4.78, 5) is 30.2. The van der Waals surface area contributed by atoms with E-state index < -0.39 is 5.54 Å². The minimum atomic E-state index is -1.14. The third-order valence-electron chi connectivity index (χ3n) is 6.61. The zero-order valence-corrected chi connectivity index (χ0v) is 21.3. The first kappa shape index (κ1) is 23.8. The first-order valence-corrected chi connectivity index (χ1v) is 12.7. The highest BCUT2D eigenvalue weighted by Gasteiger charge is 2.48. The van der Waals surface area contributed by atoms with E-state index in [0.717, 1.165) is 27.3 Å². The average molecular weight is 501 g/mol. The van der Waals surface area contributed by atoms with Crippen LogP contribution in [-0.4, -0.2) is 39.1 Å². The number of ether oxygens (including phenoxy) is 1. The summed E-state index contributed by atoms with van der Waals surface area (Å²) in [5.74, 6) is 0.248. The molecule has 1 aliphatic heterocycles. The Kier molecular flexibility index (Phi) is 6.36. The van der Waals surface area contributed by atoms with Crippen LogP contribution in [0.2, 0.25) is 0 Å². The Morgan fingerprint density at radius 3 is 2.64 bits per heavy atom. The van der Waals surface area contributed by atoms with Crippen molar-refractivity contribution in [3.63, 3.8) is 0 Å². The molecule has 0 saturated heterocycles. The number of carbonyl (C=O) groups is 2. The van der Waals surface area contributed by atoms with Crippen LogP contribution >= 0.6 is 11.3 Å². The Morgan fingerprint density at radius 1 is 1.11 bits per heavy atom. The Hall–Kier alpha value is -3.91. The van der Waals surface area contributed by atoms with Crippen LogP contribution in [0.25, 0.3) is 10.6 Å². The monoisotopic (exact) mass is 500 g/mol. The minimum absolute atomic E-state index is 0.224. The van der Waals surface area contributed by atoms with Crippen molar-refractivity contribution in [2.24, 2.45) is 0 Å². The molecule has 7 nitrogen and oxygen atoms in total. The highest BCUT2D eigenvalue weighted by Crippen LogP contribution is 2.33. The summed E-state index contributed by atoms with van der Waals surface area (Å²) < 4.78 is 7.04. The molecule has 0 spiro atoms. The fraction of sp³-hybridized carbons (Fsp3) is 0.250. The number of aromatic nitrogens is 2. The molecule has 0 bridgehead atoms. The second-order valence-corrected chi connectivity index (χ2v) is 10.2. The minimum Gasteiger partial charge on any atom is -0.497 e. The fourth-order valence-corrected chi connectivity index (χ4v) is 5.15. The van der Waals surface area contributed by atoms with E-state index in [9.17, 15) is 9.59 Å². The van der Waals surface area contributed by atoms with Crippen molar-refractivity contribution in [2.45, 2.75) is 39.0 Å². The summed E-state index contributed by atoms with van der Waals surface area (Å²) in [6.45, 7) is 4.74. The standard InChI is InChI=1S/C28H28N4O3S/c1-19-9-11-20(12-10-19)16-29-27(34)28(2)18-32-24(15-23(30-32)25-8-5-13-36-25)26(33)31(28)17-21-6-4-7-22(14-21)35-3/h4-15H,16-18H2,1-3H3,(H,29,34)/t28-/m1/s1. The van der Waals surface area contributed by atoms with Crippen LogP contribution in [-0.2, 0) is 24.4 Å². The van der Waals surface area contributed by atoms with Gasteiger partial charge < -0.3 is 15.0 Å². The van der Waals surface area contributed by atoms with Gasteiger partial charge in [-0.3, -0.25) is 14.3 Å². The molecule has 36 heavy (non-hydrogen) atoms. The van der Waals surface area contributed by atoms with Crippen molar-refractivity contribution in [3.8, 4) is 16.3 Å². The lowest BCUT2D eigenvalue weighted by Gasteiger charge is -2.43. The third kappa shape index (κ3) is 4.52. The van der Waals surface area contributed by atoms with Crippen LogP contribution in [0.4, 0.5) is 0 Å². The number of benzene rings is 2. The first-order chi connectivity index (χ1) is 17.4. The van der Waals surface area contributed by atoms with Gasteiger partial charge in [0.15, 0.2) is 0 Å². The van der Waals surface area contributed by atoms with E-state index in [1.165, 1.54) is 0 Å². The van der Waals surface area contributed by atoms with Gasteiger partial charge in [-0.25, -0.2) is 0 Å². The lowest BCUT2D eigenvalue weighted by Crippen LogP contribution is -2.63. The molecule has 0 aliphatic carbocycles. The predicted molar refractivity (Wildman–Crippen MR) is 140 cm³/mol. The van der Waals surface area contributed by atoms with Crippen molar-refractivity contribution in [1.29, 1.82) is 0 Å². The molecule has 1 aliphatic rings. The average Bonchev–Trinajstić information content (AvgIpc) is 3.56. The molecule has 4 aromatic rings. The summed E-state index contributed by atoms with van der Waals surface area (Å²) >= 11 is 1.57. The lowest BCUT2D eigenvalue weighted by molar-refractivity contribution is -0.133. The second kappa shape index (κ2) is 9.62. The number of methoxy groups -OCH3 is 1. The lowest BCUT2D eigenvalue weighted by atomic mass is 9.94. The third-order valence-corrected chi connectivity index (χ3v) is 7.50. The number of carbonyl (C=O) groups excluding carboxylic acids is 2. The van der Waals surface area contributed by atoms with Crippen LogP contribution in [0.3, 0.4) is 0 Å². The second-order valence-electron chi connectivity index (χ2n) is 9.23. The number of thiophene rings is 1.